The lowest BCUT2D eigenvalue weighted by Gasteiger charge is -2.56. The van der Waals surface area contributed by atoms with Crippen LogP contribution in [0.3, 0.4) is 0 Å². The molecule has 0 aliphatic heterocycles. The van der Waals surface area contributed by atoms with E-state index < -0.39 is 0 Å². The molecule has 0 amide bonds. The van der Waals surface area contributed by atoms with E-state index in [0.29, 0.717) is 41.6 Å². The van der Waals surface area contributed by atoms with Crippen molar-refractivity contribution in [1.82, 2.24) is 9.55 Å². The summed E-state index contributed by atoms with van der Waals surface area (Å²) in [5.41, 5.74) is 3.23. The average Bonchev–Trinajstić information content (AvgIpc) is 3.58. The van der Waals surface area contributed by atoms with Gasteiger partial charge in [-0.15, -0.1) is 0 Å². The average molecular weight is 573 g/mol. The van der Waals surface area contributed by atoms with Crippen molar-refractivity contribution in [2.75, 3.05) is 13.7 Å². The number of imidazole rings is 1. The van der Waals surface area contributed by atoms with Gasteiger partial charge < -0.3 is 18.8 Å². The summed E-state index contributed by atoms with van der Waals surface area (Å²) in [5.74, 6) is 2.98. The zero-order valence-corrected chi connectivity index (χ0v) is 25.4. The Kier molecular flexibility index (Phi) is 7.79. The quantitative estimate of drug-likeness (QED) is 0.150. The number of nitrogens with zero attached hydrogens (tertiary/aromatic N) is 2. The van der Waals surface area contributed by atoms with Gasteiger partial charge in [-0.1, -0.05) is 31.6 Å². The van der Waals surface area contributed by atoms with E-state index in [4.69, 9.17) is 14.2 Å². The van der Waals surface area contributed by atoms with Crippen LogP contribution in [-0.2, 0) is 20.9 Å². The van der Waals surface area contributed by atoms with E-state index in [0.717, 1.165) is 69.0 Å². The number of hydrogen-bond donors (Lipinski definition) is 0. The number of ketones is 1. The maximum atomic E-state index is 13.9. The molecule has 7 nitrogen and oxygen atoms in total. The molecule has 0 radical (unpaired) electrons. The van der Waals surface area contributed by atoms with E-state index in [1.807, 2.05) is 35.3 Å². The second kappa shape index (κ2) is 11.4. The predicted octanol–water partition coefficient (Wildman–Crippen LogP) is 6.82. The Bertz CT molecular complexity index is 1390. The number of ether oxygens (including phenoxy) is 3. The molecular weight excluding hydrogens is 528 g/mol. The number of hydrogen-bond acceptors (Lipinski definition) is 6. The molecular formula is C35H44N2O5. The van der Waals surface area contributed by atoms with Gasteiger partial charge in [-0.25, -0.2) is 4.98 Å². The lowest BCUT2D eigenvalue weighted by atomic mass is 9.48. The molecule has 0 N–H and O–H groups in total. The molecule has 1 heterocycles. The molecule has 4 aliphatic rings. The molecule has 1 aromatic heterocycles. The smallest absolute Gasteiger partial charge is 0.302 e. The van der Waals surface area contributed by atoms with Gasteiger partial charge in [-0.2, -0.15) is 0 Å². The number of methoxy groups -OCH3 is 1. The van der Waals surface area contributed by atoms with E-state index in [1.54, 1.807) is 13.3 Å². The minimum absolute atomic E-state index is 0.00550. The summed E-state index contributed by atoms with van der Waals surface area (Å²) >= 11 is 0. The van der Waals surface area contributed by atoms with E-state index in [2.05, 4.69) is 31.0 Å². The fourth-order valence-electron chi connectivity index (χ4n) is 8.70. The number of aromatic nitrogens is 2. The zero-order valence-electron chi connectivity index (χ0n) is 25.4. The summed E-state index contributed by atoms with van der Waals surface area (Å²) in [7, 11) is 1.66. The number of fused-ring (bicyclic) bond motifs is 5. The first-order valence-corrected chi connectivity index (χ1v) is 15.6. The summed E-state index contributed by atoms with van der Waals surface area (Å²) in [5, 5.41) is 0. The summed E-state index contributed by atoms with van der Waals surface area (Å²) < 4.78 is 19.3. The van der Waals surface area contributed by atoms with E-state index >= 15 is 0 Å². The van der Waals surface area contributed by atoms with E-state index in [-0.39, 0.29) is 22.9 Å². The van der Waals surface area contributed by atoms with Crippen LogP contribution in [0, 0.1) is 28.6 Å². The standard InChI is InChI=1S/C35H44N2O5/c1-23(38)42-27-10-12-34(2)26(21-27)7-8-28-29(34)11-13-35(3)30(28)20-25(33(35)39)18-24-6-9-31(32(19-24)40-4)41-17-5-15-37-16-14-36-22-37/h6-7,9,14,16,18-19,22,27-30H,5,8,10-13,15,17,20-21H2,1-4H3/t27-,28?,29?,30?,34-,35-/m0/s1. The second-order valence-electron chi connectivity index (χ2n) is 13.3. The Balaban J connectivity index is 1.16. The number of carbonyl (C=O) groups is 2. The normalized spacial score (nSPS) is 32.9. The van der Waals surface area contributed by atoms with Crippen LogP contribution in [0.1, 0.15) is 77.7 Å². The fourth-order valence-corrected chi connectivity index (χ4v) is 8.70. The zero-order chi connectivity index (χ0) is 29.5. The molecule has 0 spiro atoms. The Morgan fingerprint density at radius 1 is 1.12 bits per heavy atom. The van der Waals surface area contributed by atoms with Crippen molar-refractivity contribution in [3.05, 3.63) is 59.7 Å². The summed E-state index contributed by atoms with van der Waals surface area (Å²) in [6, 6.07) is 5.96. The largest absolute Gasteiger partial charge is 0.493 e. The molecule has 6 atom stereocenters. The number of aryl methyl sites for hydroxylation is 1. The fraction of sp³-hybridized carbons (Fsp3) is 0.571. The van der Waals surface area contributed by atoms with Crippen LogP contribution in [0.15, 0.2) is 54.1 Å². The van der Waals surface area contributed by atoms with Crippen LogP contribution in [0.2, 0.25) is 0 Å². The van der Waals surface area contributed by atoms with E-state index in [9.17, 15) is 9.59 Å². The number of allylic oxidation sites excluding steroid dienone is 2. The Labute approximate surface area is 249 Å². The molecule has 0 bridgehead atoms. The molecule has 224 valence electrons. The lowest BCUT2D eigenvalue weighted by Crippen LogP contribution is -2.50. The van der Waals surface area contributed by atoms with Crippen molar-refractivity contribution in [3.63, 3.8) is 0 Å². The van der Waals surface area contributed by atoms with Crippen LogP contribution >= 0.6 is 0 Å². The van der Waals surface area contributed by atoms with Crippen molar-refractivity contribution < 1.29 is 23.8 Å². The third-order valence-electron chi connectivity index (χ3n) is 10.9. The molecule has 3 unspecified atom stereocenters. The van der Waals surface area contributed by atoms with Gasteiger partial charge >= 0.3 is 5.97 Å². The molecule has 7 heteroatoms. The topological polar surface area (TPSA) is 79.6 Å². The first-order chi connectivity index (χ1) is 20.2. The lowest BCUT2D eigenvalue weighted by molar-refractivity contribution is -0.148. The van der Waals surface area contributed by atoms with Gasteiger partial charge in [0.1, 0.15) is 6.10 Å². The third kappa shape index (κ3) is 5.20. The summed E-state index contributed by atoms with van der Waals surface area (Å²) in [6.45, 7) is 7.59. The Morgan fingerprint density at radius 2 is 1.95 bits per heavy atom. The highest BCUT2D eigenvalue weighted by Gasteiger charge is 2.60. The SMILES string of the molecule is COc1cc(C=C2CC3C4CC=C5C[C@@H](OC(C)=O)CC[C@]5(C)C4CC[C@]3(C)C2=O)ccc1OCCCn1ccnc1. The first kappa shape index (κ1) is 28.8. The number of carbonyl (C=O) groups excluding carboxylic acids is 2. The van der Waals surface area contributed by atoms with Crippen molar-refractivity contribution in [2.24, 2.45) is 28.6 Å². The minimum Gasteiger partial charge on any atom is -0.493 e. The summed E-state index contributed by atoms with van der Waals surface area (Å²) in [6.07, 6.45) is 17.7. The number of Topliss-reactive ketones (excluding diaryl/α,β-unsaturated/α-hetero) is 1. The maximum Gasteiger partial charge on any atom is 0.302 e. The van der Waals surface area contributed by atoms with Gasteiger partial charge in [0.05, 0.1) is 20.0 Å². The van der Waals surface area contributed by atoms with Crippen LogP contribution in [0.25, 0.3) is 6.08 Å². The van der Waals surface area contributed by atoms with Crippen LogP contribution < -0.4 is 9.47 Å². The van der Waals surface area contributed by atoms with Gasteiger partial charge in [-0.05, 0) is 97.5 Å². The monoisotopic (exact) mass is 572 g/mol. The van der Waals surface area contributed by atoms with Crippen molar-refractivity contribution >= 4 is 17.8 Å². The minimum atomic E-state index is -0.300. The highest BCUT2D eigenvalue weighted by atomic mass is 16.5. The molecule has 3 saturated carbocycles. The Morgan fingerprint density at radius 3 is 2.71 bits per heavy atom. The van der Waals surface area contributed by atoms with Gasteiger partial charge in [0.25, 0.3) is 0 Å². The first-order valence-electron chi connectivity index (χ1n) is 15.6. The number of rotatable bonds is 8. The molecule has 0 saturated heterocycles. The Hall–Kier alpha value is -3.35. The van der Waals surface area contributed by atoms with E-state index in [1.165, 1.54) is 12.5 Å². The highest BCUT2D eigenvalue weighted by Crippen LogP contribution is 2.65. The molecule has 3 fully saturated rings. The van der Waals surface area contributed by atoms with Crippen LogP contribution in [-0.4, -0.2) is 41.1 Å². The van der Waals surface area contributed by atoms with Crippen molar-refractivity contribution in [2.45, 2.75) is 84.8 Å². The van der Waals surface area contributed by atoms with Crippen LogP contribution in [0.4, 0.5) is 0 Å². The molecule has 42 heavy (non-hydrogen) atoms. The maximum absolute atomic E-state index is 13.9. The van der Waals surface area contributed by atoms with Gasteiger partial charge in [-0.3, -0.25) is 9.59 Å². The molecule has 6 rings (SSSR count). The highest BCUT2D eigenvalue weighted by molar-refractivity contribution is 6.06. The van der Waals surface area contributed by atoms with Gasteiger partial charge in [0.15, 0.2) is 17.3 Å². The van der Waals surface area contributed by atoms with Crippen molar-refractivity contribution in [3.8, 4) is 11.5 Å². The van der Waals surface area contributed by atoms with Gasteiger partial charge in [0, 0.05) is 37.7 Å². The second-order valence-corrected chi connectivity index (χ2v) is 13.3. The van der Waals surface area contributed by atoms with Gasteiger partial charge in [0.2, 0.25) is 0 Å². The molecule has 2 aromatic rings. The molecule has 1 aromatic carbocycles. The molecule has 4 aliphatic carbocycles. The summed E-state index contributed by atoms with van der Waals surface area (Å²) in [4.78, 5) is 29.6. The van der Waals surface area contributed by atoms with Crippen LogP contribution in [0.5, 0.6) is 11.5 Å². The predicted molar refractivity (Wildman–Crippen MR) is 161 cm³/mol. The number of esters is 1. The number of benzene rings is 1. The van der Waals surface area contributed by atoms with Crippen molar-refractivity contribution in [1.29, 1.82) is 0 Å². The third-order valence-corrected chi connectivity index (χ3v) is 10.9.